The summed E-state index contributed by atoms with van der Waals surface area (Å²) < 4.78 is 5.28. The van der Waals surface area contributed by atoms with Crippen LogP contribution >= 0.6 is 11.8 Å². The Morgan fingerprint density at radius 1 is 1.33 bits per heavy atom. The van der Waals surface area contributed by atoms with Crippen molar-refractivity contribution >= 4 is 34.4 Å². The normalized spacial score (nSPS) is 24.3. The molecule has 0 radical (unpaired) electrons. The fourth-order valence-corrected chi connectivity index (χ4v) is 4.71. The largest absolute Gasteiger partial charge is 0.497 e. The van der Waals surface area contributed by atoms with E-state index >= 15 is 0 Å². The molecule has 4 unspecified atom stereocenters. The third-order valence-electron chi connectivity index (χ3n) is 5.41. The molecule has 4 N–H and O–H groups in total. The van der Waals surface area contributed by atoms with Crippen molar-refractivity contribution in [2.75, 3.05) is 18.6 Å². The highest BCUT2D eigenvalue weighted by atomic mass is 32.2. The minimum atomic E-state index is -0.266. The van der Waals surface area contributed by atoms with E-state index < -0.39 is 0 Å². The van der Waals surface area contributed by atoms with Crippen LogP contribution < -0.4 is 25.8 Å². The van der Waals surface area contributed by atoms with Crippen molar-refractivity contribution in [2.24, 2.45) is 10.9 Å². The number of carbonyl (C=O) groups excluding carboxylic acids is 1. The molecule has 4 atom stereocenters. The molecule has 2 aliphatic heterocycles. The summed E-state index contributed by atoms with van der Waals surface area (Å²) in [5.41, 5.74) is 7.22. The van der Waals surface area contributed by atoms with Crippen LogP contribution in [0.2, 0.25) is 0 Å². The maximum atomic E-state index is 12.7. The zero-order valence-electron chi connectivity index (χ0n) is 18.1. The lowest BCUT2D eigenvalue weighted by Crippen LogP contribution is -2.51. The standard InChI is InChI=1S/C21H32N6O2S/c1-5-7-12-23-20(28)16(6-2)30-21-24-19-17(13(3)25-26-19)18(22)27(21)14-8-10-15(29-4)11-9-14/h8-11,13,16-17,19,22,25-26H,5-7,12H2,1-4H3,(H,23,28). The van der Waals surface area contributed by atoms with E-state index in [2.05, 4.69) is 23.1 Å². The molecule has 2 aliphatic rings. The van der Waals surface area contributed by atoms with Crippen LogP contribution in [0.1, 0.15) is 40.0 Å². The monoisotopic (exact) mass is 432 g/mol. The van der Waals surface area contributed by atoms with E-state index in [9.17, 15) is 4.79 Å². The lowest BCUT2D eigenvalue weighted by Gasteiger charge is -2.36. The summed E-state index contributed by atoms with van der Waals surface area (Å²) in [6.45, 7) is 6.84. The van der Waals surface area contributed by atoms with Crippen LogP contribution in [-0.2, 0) is 4.79 Å². The number of hydrogen-bond acceptors (Lipinski definition) is 7. The van der Waals surface area contributed by atoms with E-state index in [0.717, 1.165) is 24.3 Å². The van der Waals surface area contributed by atoms with Crippen molar-refractivity contribution in [3.63, 3.8) is 0 Å². The molecule has 2 heterocycles. The number of anilines is 1. The SMILES string of the molecule is CCCCNC(=O)C(CC)SC1=NC2NNC(C)C2C(=N)N1c1ccc(OC)cc1. The van der Waals surface area contributed by atoms with Crippen molar-refractivity contribution < 1.29 is 9.53 Å². The van der Waals surface area contributed by atoms with Gasteiger partial charge in [-0.1, -0.05) is 32.0 Å². The second-order valence-corrected chi connectivity index (χ2v) is 8.71. The Bertz CT molecular complexity index is 784. The number of thioether (sulfide) groups is 1. The Kier molecular flexibility index (Phi) is 7.74. The van der Waals surface area contributed by atoms with Gasteiger partial charge in [0.1, 0.15) is 17.8 Å². The molecule has 30 heavy (non-hydrogen) atoms. The van der Waals surface area contributed by atoms with Gasteiger partial charge in [0.05, 0.1) is 18.3 Å². The number of methoxy groups -OCH3 is 1. The summed E-state index contributed by atoms with van der Waals surface area (Å²) >= 11 is 1.42. The summed E-state index contributed by atoms with van der Waals surface area (Å²) in [6, 6.07) is 7.68. The third kappa shape index (κ3) is 4.79. The summed E-state index contributed by atoms with van der Waals surface area (Å²) in [5, 5.41) is 12.4. The van der Waals surface area contributed by atoms with Crippen molar-refractivity contribution in [1.29, 1.82) is 5.41 Å². The van der Waals surface area contributed by atoms with Gasteiger partial charge in [-0.3, -0.25) is 20.5 Å². The first kappa shape index (κ1) is 22.6. The molecule has 8 nitrogen and oxygen atoms in total. The van der Waals surface area contributed by atoms with Crippen LogP contribution in [0.4, 0.5) is 5.69 Å². The first-order valence-corrected chi connectivity index (χ1v) is 11.4. The molecule has 9 heteroatoms. The molecule has 1 aromatic rings. The maximum absolute atomic E-state index is 12.7. The number of fused-ring (bicyclic) bond motifs is 1. The number of benzene rings is 1. The first-order valence-electron chi connectivity index (χ1n) is 10.6. The summed E-state index contributed by atoms with van der Waals surface area (Å²) in [4.78, 5) is 19.5. The number of ether oxygens (including phenoxy) is 1. The smallest absolute Gasteiger partial charge is 0.233 e. The van der Waals surface area contributed by atoms with Crippen molar-refractivity contribution in [3.05, 3.63) is 24.3 Å². The number of unbranched alkanes of at least 4 members (excludes halogenated alkanes) is 1. The van der Waals surface area contributed by atoms with Gasteiger partial charge in [0.15, 0.2) is 5.17 Å². The Labute approximate surface area is 182 Å². The zero-order chi connectivity index (χ0) is 21.7. The van der Waals surface area contributed by atoms with Gasteiger partial charge in [-0.05, 0) is 44.0 Å². The quantitative estimate of drug-likeness (QED) is 0.471. The second kappa shape index (κ2) is 10.3. The van der Waals surface area contributed by atoms with Crippen molar-refractivity contribution in [2.45, 2.75) is 57.5 Å². The highest BCUT2D eigenvalue weighted by molar-refractivity contribution is 8.15. The van der Waals surface area contributed by atoms with Gasteiger partial charge < -0.3 is 10.1 Å². The number of nitrogens with one attached hydrogen (secondary N) is 4. The van der Waals surface area contributed by atoms with Crippen LogP contribution in [0.25, 0.3) is 0 Å². The van der Waals surface area contributed by atoms with E-state index in [0.29, 0.717) is 24.0 Å². The highest BCUT2D eigenvalue weighted by Gasteiger charge is 2.44. The van der Waals surface area contributed by atoms with Crippen LogP contribution in [0, 0.1) is 11.3 Å². The minimum Gasteiger partial charge on any atom is -0.497 e. The lowest BCUT2D eigenvalue weighted by atomic mass is 9.97. The van der Waals surface area contributed by atoms with Crippen molar-refractivity contribution in [1.82, 2.24) is 16.2 Å². The Morgan fingerprint density at radius 3 is 2.70 bits per heavy atom. The van der Waals surface area contributed by atoms with E-state index in [1.807, 2.05) is 43.0 Å². The lowest BCUT2D eigenvalue weighted by molar-refractivity contribution is -0.120. The molecule has 0 saturated carbocycles. The number of amides is 1. The summed E-state index contributed by atoms with van der Waals surface area (Å²) in [6.07, 6.45) is 2.47. The summed E-state index contributed by atoms with van der Waals surface area (Å²) in [5.74, 6) is 1.15. The van der Waals surface area contributed by atoms with Gasteiger partial charge in [-0.2, -0.15) is 0 Å². The molecule has 1 fully saturated rings. The van der Waals surface area contributed by atoms with E-state index in [1.165, 1.54) is 11.8 Å². The Morgan fingerprint density at radius 2 is 2.07 bits per heavy atom. The van der Waals surface area contributed by atoms with Gasteiger partial charge in [-0.15, -0.1) is 0 Å². The predicted molar refractivity (Wildman–Crippen MR) is 123 cm³/mol. The fraction of sp³-hybridized carbons (Fsp3) is 0.571. The van der Waals surface area contributed by atoms with Gasteiger partial charge in [0.2, 0.25) is 5.91 Å². The average Bonchev–Trinajstić information content (AvgIpc) is 3.13. The van der Waals surface area contributed by atoms with Gasteiger partial charge in [0, 0.05) is 18.3 Å². The molecular formula is C21H32N6O2S. The average molecular weight is 433 g/mol. The van der Waals surface area contributed by atoms with E-state index in [-0.39, 0.29) is 29.3 Å². The molecule has 0 spiro atoms. The van der Waals surface area contributed by atoms with Crippen LogP contribution in [0.3, 0.4) is 0 Å². The minimum absolute atomic E-state index is 0.0212. The zero-order valence-corrected chi connectivity index (χ0v) is 18.9. The van der Waals surface area contributed by atoms with Crippen LogP contribution in [-0.4, -0.2) is 48.0 Å². The van der Waals surface area contributed by atoms with Gasteiger partial charge in [0.25, 0.3) is 0 Å². The molecule has 0 aliphatic carbocycles. The third-order valence-corrected chi connectivity index (χ3v) is 6.74. The number of nitrogens with zero attached hydrogens (tertiary/aromatic N) is 2. The van der Waals surface area contributed by atoms with Gasteiger partial charge >= 0.3 is 0 Å². The first-order chi connectivity index (χ1) is 14.5. The Balaban J connectivity index is 1.88. The maximum Gasteiger partial charge on any atom is 0.233 e. The molecular weight excluding hydrogens is 400 g/mol. The molecule has 1 saturated heterocycles. The number of amidine groups is 2. The van der Waals surface area contributed by atoms with Crippen molar-refractivity contribution in [3.8, 4) is 5.75 Å². The number of aliphatic imine (C=N–C) groups is 1. The summed E-state index contributed by atoms with van der Waals surface area (Å²) in [7, 11) is 1.63. The number of carbonyl (C=O) groups is 1. The van der Waals surface area contributed by atoms with Crippen LogP contribution in [0.15, 0.2) is 29.3 Å². The molecule has 0 aromatic heterocycles. The number of hydrazine groups is 1. The molecule has 0 bridgehead atoms. The molecule has 1 amide bonds. The predicted octanol–water partition coefficient (Wildman–Crippen LogP) is 2.72. The Hall–Kier alpha value is -2.10. The molecule has 3 rings (SSSR count). The topological polar surface area (TPSA) is 102 Å². The molecule has 1 aromatic carbocycles. The molecule has 164 valence electrons. The fourth-order valence-electron chi connectivity index (χ4n) is 3.61. The van der Waals surface area contributed by atoms with Gasteiger partial charge in [-0.25, -0.2) is 10.4 Å². The highest BCUT2D eigenvalue weighted by Crippen LogP contribution is 2.34. The van der Waals surface area contributed by atoms with Crippen LogP contribution in [0.5, 0.6) is 5.75 Å². The number of rotatable bonds is 8. The van der Waals surface area contributed by atoms with E-state index in [4.69, 9.17) is 15.1 Å². The second-order valence-electron chi connectivity index (χ2n) is 7.54. The van der Waals surface area contributed by atoms with E-state index in [1.54, 1.807) is 7.11 Å². The number of hydrogen-bond donors (Lipinski definition) is 4.